The number of hydrogen-bond donors (Lipinski definition) is 6. The molecule has 6 atom stereocenters. The zero-order valence-electron chi connectivity index (χ0n) is 18.5. The van der Waals surface area contributed by atoms with Crippen LogP contribution in [0.5, 0.6) is 11.5 Å². The summed E-state index contributed by atoms with van der Waals surface area (Å²) in [5.74, 6) is -1.33. The monoisotopic (exact) mass is 543 g/mol. The standard InChI is InChI=1S/C23H23Cl2NO10/c24-11-2-1-3-12(25)14(11)15-13(27)7-5-9-4-6-10(34-19(9)15)8-26-23(33)36-22-18(30)16(28)17(29)20(35-22)21(31)32/h1-3,5,7,10,16-18,20,22,27-30H,4,6,8H2,(H,26,33)(H,31,32)/t10-,16?,17?,18?,20?,22?/m1/s1. The third kappa shape index (κ3) is 5.17. The minimum Gasteiger partial charge on any atom is -0.507 e. The predicted octanol–water partition coefficient (Wildman–Crippen LogP) is 1.68. The smallest absolute Gasteiger partial charge is 0.409 e. The van der Waals surface area contributed by atoms with Crippen LogP contribution in [0.2, 0.25) is 10.0 Å². The number of fused-ring (bicyclic) bond motifs is 1. The van der Waals surface area contributed by atoms with E-state index in [4.69, 9.17) is 42.5 Å². The summed E-state index contributed by atoms with van der Waals surface area (Å²) in [5.41, 5.74) is 1.53. The summed E-state index contributed by atoms with van der Waals surface area (Å²) in [6.07, 6.45) is -9.99. The van der Waals surface area contributed by atoms with Gasteiger partial charge in [-0.2, -0.15) is 0 Å². The van der Waals surface area contributed by atoms with Crippen LogP contribution in [0.1, 0.15) is 12.0 Å². The number of nitrogens with one attached hydrogen (secondary N) is 1. The zero-order chi connectivity index (χ0) is 26.1. The summed E-state index contributed by atoms with van der Waals surface area (Å²) in [6, 6.07) is 8.18. The number of halogens is 2. The molecule has 0 aliphatic carbocycles. The Bertz CT molecular complexity index is 1140. The number of ether oxygens (including phenoxy) is 3. The van der Waals surface area contributed by atoms with E-state index >= 15 is 0 Å². The number of benzene rings is 2. The molecule has 0 aromatic heterocycles. The van der Waals surface area contributed by atoms with Crippen LogP contribution in [0.4, 0.5) is 4.79 Å². The number of carboxylic acids is 1. The molecule has 1 saturated heterocycles. The number of phenols is 1. The van der Waals surface area contributed by atoms with Gasteiger partial charge in [0, 0.05) is 5.56 Å². The zero-order valence-corrected chi connectivity index (χ0v) is 20.0. The molecule has 194 valence electrons. The number of carbonyl (C=O) groups is 2. The molecule has 13 heteroatoms. The topological polar surface area (TPSA) is 175 Å². The molecule has 11 nitrogen and oxygen atoms in total. The van der Waals surface area contributed by atoms with Gasteiger partial charge in [-0.3, -0.25) is 0 Å². The molecule has 2 aliphatic heterocycles. The van der Waals surface area contributed by atoms with Crippen LogP contribution >= 0.6 is 23.2 Å². The molecular formula is C23H23Cl2NO10. The molecule has 0 bridgehead atoms. The van der Waals surface area contributed by atoms with E-state index in [1.165, 1.54) is 6.07 Å². The lowest BCUT2D eigenvalue weighted by Crippen LogP contribution is -2.61. The molecule has 0 spiro atoms. The molecular weight excluding hydrogens is 521 g/mol. The van der Waals surface area contributed by atoms with Gasteiger partial charge in [0.15, 0.2) is 6.10 Å². The maximum atomic E-state index is 12.3. The first-order valence-electron chi connectivity index (χ1n) is 10.9. The first-order valence-corrected chi connectivity index (χ1v) is 11.7. The number of rotatable bonds is 5. The van der Waals surface area contributed by atoms with Gasteiger partial charge in [-0.15, -0.1) is 0 Å². The summed E-state index contributed by atoms with van der Waals surface area (Å²) >= 11 is 12.7. The van der Waals surface area contributed by atoms with Crippen molar-refractivity contribution >= 4 is 35.3 Å². The van der Waals surface area contributed by atoms with Crippen LogP contribution in [0.25, 0.3) is 11.1 Å². The van der Waals surface area contributed by atoms with Crippen LogP contribution in [-0.2, 0) is 20.7 Å². The molecule has 0 radical (unpaired) electrons. The van der Waals surface area contributed by atoms with Crippen molar-refractivity contribution in [3.63, 3.8) is 0 Å². The van der Waals surface area contributed by atoms with Crippen molar-refractivity contribution in [3.8, 4) is 22.6 Å². The highest BCUT2D eigenvalue weighted by molar-refractivity contribution is 6.39. The van der Waals surface area contributed by atoms with Crippen molar-refractivity contribution in [3.05, 3.63) is 45.9 Å². The molecule has 0 saturated carbocycles. The Hall–Kier alpha value is -2.80. The summed E-state index contributed by atoms with van der Waals surface area (Å²) in [5, 5.41) is 52.3. The van der Waals surface area contributed by atoms with E-state index in [-0.39, 0.29) is 12.3 Å². The number of aryl methyl sites for hydroxylation is 1. The molecule has 1 fully saturated rings. The minimum atomic E-state index is -1.91. The summed E-state index contributed by atoms with van der Waals surface area (Å²) in [4.78, 5) is 23.5. The van der Waals surface area contributed by atoms with Gasteiger partial charge in [0.2, 0.25) is 6.29 Å². The average Bonchev–Trinajstić information content (AvgIpc) is 2.84. The van der Waals surface area contributed by atoms with E-state index in [0.29, 0.717) is 39.8 Å². The quantitative estimate of drug-likeness (QED) is 0.325. The van der Waals surface area contributed by atoms with Gasteiger partial charge in [-0.05, 0) is 36.6 Å². The lowest BCUT2D eigenvalue weighted by Gasteiger charge is -2.38. The molecule has 2 aromatic rings. The van der Waals surface area contributed by atoms with Gasteiger partial charge in [0.1, 0.15) is 35.9 Å². The van der Waals surface area contributed by atoms with E-state index in [2.05, 4.69) is 5.32 Å². The number of carboxylic acid groups (broad SMARTS) is 1. The molecule has 2 heterocycles. The normalized spacial score (nSPS) is 27.5. The summed E-state index contributed by atoms with van der Waals surface area (Å²) in [7, 11) is 0. The van der Waals surface area contributed by atoms with E-state index in [1.54, 1.807) is 24.3 Å². The largest absolute Gasteiger partial charge is 0.507 e. The fraction of sp³-hybridized carbons (Fsp3) is 0.391. The van der Waals surface area contributed by atoms with Crippen molar-refractivity contribution in [1.82, 2.24) is 5.32 Å². The second-order valence-electron chi connectivity index (χ2n) is 8.34. The van der Waals surface area contributed by atoms with Gasteiger partial charge in [-0.1, -0.05) is 35.3 Å². The number of aliphatic hydroxyl groups is 3. The number of aliphatic hydroxyl groups excluding tert-OH is 3. The third-order valence-electron chi connectivity index (χ3n) is 5.96. The number of alkyl carbamates (subject to hydrolysis) is 1. The number of hydrogen-bond acceptors (Lipinski definition) is 9. The number of amides is 1. The maximum Gasteiger partial charge on any atom is 0.409 e. The van der Waals surface area contributed by atoms with Gasteiger partial charge in [-0.25, -0.2) is 9.59 Å². The lowest BCUT2D eigenvalue weighted by atomic mass is 9.94. The van der Waals surface area contributed by atoms with Crippen molar-refractivity contribution in [2.45, 2.75) is 49.7 Å². The van der Waals surface area contributed by atoms with Crippen molar-refractivity contribution in [1.29, 1.82) is 0 Å². The summed E-state index contributed by atoms with van der Waals surface area (Å²) < 4.78 is 15.9. The molecule has 36 heavy (non-hydrogen) atoms. The Morgan fingerprint density at radius 2 is 1.72 bits per heavy atom. The first kappa shape index (κ1) is 26.3. The molecule has 2 aliphatic rings. The number of aliphatic carboxylic acids is 1. The van der Waals surface area contributed by atoms with Crippen LogP contribution in [0.15, 0.2) is 30.3 Å². The maximum absolute atomic E-state index is 12.3. The Kier molecular flexibility index (Phi) is 7.79. The van der Waals surface area contributed by atoms with Crippen molar-refractivity contribution < 1.29 is 49.3 Å². The number of aromatic hydroxyl groups is 1. The van der Waals surface area contributed by atoms with E-state index < -0.39 is 48.9 Å². The van der Waals surface area contributed by atoms with Crippen LogP contribution < -0.4 is 10.1 Å². The Morgan fingerprint density at radius 3 is 2.39 bits per heavy atom. The summed E-state index contributed by atoms with van der Waals surface area (Å²) in [6.45, 7) is -0.0556. The second kappa shape index (κ2) is 10.7. The first-order chi connectivity index (χ1) is 17.1. The van der Waals surface area contributed by atoms with Crippen LogP contribution in [0.3, 0.4) is 0 Å². The highest BCUT2D eigenvalue weighted by atomic mass is 35.5. The number of phenolic OH excluding ortho intramolecular Hbond substituents is 1. The lowest BCUT2D eigenvalue weighted by molar-refractivity contribution is -0.278. The molecule has 1 amide bonds. The SMILES string of the molecule is O=C(NC[C@H]1CCc2ccc(O)c(-c3c(Cl)cccc3Cl)c2O1)OC1OC(C(=O)O)C(O)C(O)C1O. The molecule has 4 rings (SSSR count). The van der Waals surface area contributed by atoms with Gasteiger partial charge in [0.25, 0.3) is 0 Å². The Balaban J connectivity index is 1.44. The van der Waals surface area contributed by atoms with Gasteiger partial charge in [0.05, 0.1) is 22.2 Å². The molecule has 2 aromatic carbocycles. The fourth-order valence-corrected chi connectivity index (χ4v) is 4.69. The second-order valence-corrected chi connectivity index (χ2v) is 9.16. The number of carbonyl (C=O) groups excluding carboxylic acids is 1. The highest BCUT2D eigenvalue weighted by Crippen LogP contribution is 2.48. The van der Waals surface area contributed by atoms with Crippen molar-refractivity contribution in [2.24, 2.45) is 0 Å². The minimum absolute atomic E-state index is 0.0556. The average molecular weight is 544 g/mol. The Morgan fingerprint density at radius 1 is 1.03 bits per heavy atom. The Labute approximate surface area is 214 Å². The van der Waals surface area contributed by atoms with Crippen LogP contribution in [0, 0.1) is 0 Å². The highest BCUT2D eigenvalue weighted by Gasteiger charge is 2.48. The molecule has 5 unspecified atom stereocenters. The fourth-order valence-electron chi connectivity index (χ4n) is 4.10. The predicted molar refractivity (Wildman–Crippen MR) is 125 cm³/mol. The van der Waals surface area contributed by atoms with E-state index in [0.717, 1.165) is 5.56 Å². The van der Waals surface area contributed by atoms with E-state index in [9.17, 15) is 30.0 Å². The van der Waals surface area contributed by atoms with Gasteiger partial charge < -0.3 is 45.1 Å². The van der Waals surface area contributed by atoms with Gasteiger partial charge >= 0.3 is 12.1 Å². The van der Waals surface area contributed by atoms with Crippen molar-refractivity contribution in [2.75, 3.05) is 6.54 Å². The van der Waals surface area contributed by atoms with E-state index in [1.807, 2.05) is 0 Å². The third-order valence-corrected chi connectivity index (χ3v) is 6.59. The van der Waals surface area contributed by atoms with Crippen LogP contribution in [-0.4, -0.2) is 80.9 Å². The molecule has 6 N–H and O–H groups in total.